The number of thiocarbonyl (C=S) groups is 1. The minimum absolute atomic E-state index is 0.429. The molecule has 46 valence electrons. The van der Waals surface area contributed by atoms with E-state index in [1.165, 1.54) is 24.1 Å². The molecule has 0 aromatic carbocycles. The van der Waals surface area contributed by atoms with Crippen LogP contribution in [0.1, 0.15) is 25.7 Å². The van der Waals surface area contributed by atoms with Gasteiger partial charge in [-0.2, -0.15) is 12.6 Å². The number of hydrogen-bond donors (Lipinski definition) is 1. The maximum atomic E-state index is 5.05. The lowest BCUT2D eigenvalue weighted by molar-refractivity contribution is 0.685. The van der Waals surface area contributed by atoms with E-state index in [4.69, 9.17) is 12.2 Å². The molecule has 0 radical (unpaired) electrons. The van der Waals surface area contributed by atoms with Crippen LogP contribution in [-0.4, -0.2) is 10.1 Å². The Balaban J connectivity index is 2.39. The molecule has 0 N–H and O–H groups in total. The van der Waals surface area contributed by atoms with E-state index in [-0.39, 0.29) is 0 Å². The SMILES string of the molecule is S=C1CCCC[C@@H]1S. The van der Waals surface area contributed by atoms with E-state index in [2.05, 4.69) is 12.6 Å². The minimum Gasteiger partial charge on any atom is -0.171 e. The zero-order valence-corrected chi connectivity index (χ0v) is 6.47. The summed E-state index contributed by atoms with van der Waals surface area (Å²) in [6, 6.07) is 0. The highest BCUT2D eigenvalue weighted by Crippen LogP contribution is 2.19. The normalized spacial score (nSPS) is 30.6. The summed E-state index contributed by atoms with van der Waals surface area (Å²) in [5, 5.41) is 0.429. The molecule has 0 unspecified atom stereocenters. The van der Waals surface area contributed by atoms with Crippen LogP contribution in [0.15, 0.2) is 0 Å². The van der Waals surface area contributed by atoms with Crippen molar-refractivity contribution >= 4 is 29.7 Å². The third-order valence-electron chi connectivity index (χ3n) is 1.52. The summed E-state index contributed by atoms with van der Waals surface area (Å²) in [6.07, 6.45) is 4.93. The van der Waals surface area contributed by atoms with Crippen molar-refractivity contribution in [2.45, 2.75) is 30.9 Å². The van der Waals surface area contributed by atoms with Crippen LogP contribution in [0.4, 0.5) is 0 Å². The van der Waals surface area contributed by atoms with Crippen molar-refractivity contribution in [1.29, 1.82) is 0 Å². The summed E-state index contributed by atoms with van der Waals surface area (Å²) >= 11 is 9.37. The van der Waals surface area contributed by atoms with Gasteiger partial charge in [0.25, 0.3) is 0 Å². The third-order valence-corrected chi connectivity index (χ3v) is 2.76. The molecule has 0 spiro atoms. The van der Waals surface area contributed by atoms with Gasteiger partial charge >= 0.3 is 0 Å². The summed E-state index contributed by atoms with van der Waals surface area (Å²) in [7, 11) is 0. The van der Waals surface area contributed by atoms with Crippen LogP contribution in [0.3, 0.4) is 0 Å². The van der Waals surface area contributed by atoms with Crippen LogP contribution >= 0.6 is 24.8 Å². The van der Waals surface area contributed by atoms with Gasteiger partial charge in [-0.15, -0.1) is 0 Å². The fourth-order valence-electron chi connectivity index (χ4n) is 0.965. The van der Waals surface area contributed by atoms with Crippen molar-refractivity contribution in [2.75, 3.05) is 0 Å². The van der Waals surface area contributed by atoms with Crippen molar-refractivity contribution < 1.29 is 0 Å². The second-order valence-electron chi connectivity index (χ2n) is 2.23. The smallest absolute Gasteiger partial charge is 0.0330 e. The number of rotatable bonds is 0. The van der Waals surface area contributed by atoms with E-state index < -0.39 is 0 Å². The molecular weight excluding hydrogens is 136 g/mol. The molecule has 0 saturated heterocycles. The van der Waals surface area contributed by atoms with Gasteiger partial charge in [-0.3, -0.25) is 0 Å². The monoisotopic (exact) mass is 146 g/mol. The predicted octanol–water partition coefficient (Wildman–Crippen LogP) is 2.23. The molecule has 0 aromatic rings. The summed E-state index contributed by atoms with van der Waals surface area (Å²) < 4.78 is 0. The molecule has 0 nitrogen and oxygen atoms in total. The van der Waals surface area contributed by atoms with Crippen molar-refractivity contribution in [1.82, 2.24) is 0 Å². The lowest BCUT2D eigenvalue weighted by atomic mass is 10.0. The summed E-state index contributed by atoms with van der Waals surface area (Å²) in [5.41, 5.74) is 0. The summed E-state index contributed by atoms with van der Waals surface area (Å²) in [6.45, 7) is 0. The van der Waals surface area contributed by atoms with Crippen LogP contribution in [0, 0.1) is 0 Å². The fraction of sp³-hybridized carbons (Fsp3) is 0.833. The van der Waals surface area contributed by atoms with Crippen LogP contribution in [0.25, 0.3) is 0 Å². The topological polar surface area (TPSA) is 0 Å². The molecule has 1 aliphatic rings. The first-order chi connectivity index (χ1) is 3.80. The highest BCUT2D eigenvalue weighted by Gasteiger charge is 2.13. The Labute approximate surface area is 61.1 Å². The average Bonchev–Trinajstić information content (AvgIpc) is 1.77. The quantitative estimate of drug-likeness (QED) is 0.404. The van der Waals surface area contributed by atoms with Crippen molar-refractivity contribution in [2.24, 2.45) is 0 Å². The molecule has 1 aliphatic carbocycles. The Bertz CT molecular complexity index is 98.7. The first-order valence-corrected chi connectivity index (χ1v) is 3.94. The molecule has 1 saturated carbocycles. The lowest BCUT2D eigenvalue weighted by Crippen LogP contribution is -2.16. The van der Waals surface area contributed by atoms with E-state index in [1.54, 1.807) is 0 Å². The fourth-order valence-corrected chi connectivity index (χ4v) is 1.54. The van der Waals surface area contributed by atoms with Gasteiger partial charge in [0.05, 0.1) is 0 Å². The molecule has 8 heavy (non-hydrogen) atoms. The van der Waals surface area contributed by atoms with Crippen molar-refractivity contribution in [3.8, 4) is 0 Å². The van der Waals surface area contributed by atoms with Gasteiger partial charge < -0.3 is 0 Å². The number of hydrogen-bond acceptors (Lipinski definition) is 2. The highest BCUT2D eigenvalue weighted by atomic mass is 32.1. The van der Waals surface area contributed by atoms with Gasteiger partial charge in [0.1, 0.15) is 0 Å². The lowest BCUT2D eigenvalue weighted by Gasteiger charge is -2.16. The van der Waals surface area contributed by atoms with Crippen molar-refractivity contribution in [3.63, 3.8) is 0 Å². The largest absolute Gasteiger partial charge is 0.171 e. The maximum Gasteiger partial charge on any atom is 0.0330 e. The molecule has 1 atom stereocenters. The molecule has 0 heterocycles. The second-order valence-corrected chi connectivity index (χ2v) is 3.38. The molecule has 2 heteroatoms. The standard InChI is InChI=1S/C6H10S2/c7-5-3-1-2-4-6(5)8/h5,7H,1-4H2/t5-/m0/s1. The Morgan fingerprint density at radius 3 is 2.62 bits per heavy atom. The van der Waals surface area contributed by atoms with Gasteiger partial charge in [0, 0.05) is 10.1 Å². The van der Waals surface area contributed by atoms with E-state index in [0.29, 0.717) is 5.25 Å². The molecule has 0 aliphatic heterocycles. The summed E-state index contributed by atoms with van der Waals surface area (Å²) in [5.74, 6) is 0. The Hall–Kier alpha value is 0.440. The molecule has 0 bridgehead atoms. The van der Waals surface area contributed by atoms with Gasteiger partial charge in [-0.05, 0) is 19.3 Å². The van der Waals surface area contributed by atoms with Gasteiger partial charge in [-0.25, -0.2) is 0 Å². The van der Waals surface area contributed by atoms with Crippen LogP contribution < -0.4 is 0 Å². The van der Waals surface area contributed by atoms with Gasteiger partial charge in [0.2, 0.25) is 0 Å². The zero-order chi connectivity index (χ0) is 5.98. The van der Waals surface area contributed by atoms with Crippen molar-refractivity contribution in [3.05, 3.63) is 0 Å². The number of thiol groups is 1. The predicted molar refractivity (Wildman–Crippen MR) is 43.8 cm³/mol. The molecule has 1 fully saturated rings. The average molecular weight is 146 g/mol. The first-order valence-electron chi connectivity index (χ1n) is 3.01. The van der Waals surface area contributed by atoms with Crippen LogP contribution in [0.2, 0.25) is 0 Å². The minimum atomic E-state index is 0.429. The summed E-state index contributed by atoms with van der Waals surface area (Å²) in [4.78, 5) is 1.17. The molecular formula is C6H10S2. The highest BCUT2D eigenvalue weighted by molar-refractivity contribution is 7.86. The molecule has 0 amide bonds. The Morgan fingerprint density at radius 1 is 1.50 bits per heavy atom. The second kappa shape index (κ2) is 2.83. The molecule has 0 aromatic heterocycles. The van der Waals surface area contributed by atoms with E-state index >= 15 is 0 Å². The zero-order valence-electron chi connectivity index (χ0n) is 4.76. The Kier molecular flexibility index (Phi) is 2.32. The van der Waals surface area contributed by atoms with Crippen LogP contribution in [0.5, 0.6) is 0 Å². The first kappa shape index (κ1) is 6.56. The van der Waals surface area contributed by atoms with E-state index in [9.17, 15) is 0 Å². The van der Waals surface area contributed by atoms with Gasteiger partial charge in [0.15, 0.2) is 0 Å². The maximum absolute atomic E-state index is 5.05. The Morgan fingerprint density at radius 2 is 2.25 bits per heavy atom. The third kappa shape index (κ3) is 1.46. The van der Waals surface area contributed by atoms with Gasteiger partial charge in [-0.1, -0.05) is 18.6 Å². The molecule has 1 rings (SSSR count). The van der Waals surface area contributed by atoms with E-state index in [1.807, 2.05) is 0 Å². The van der Waals surface area contributed by atoms with Crippen LogP contribution in [-0.2, 0) is 0 Å². The van der Waals surface area contributed by atoms with E-state index in [0.717, 1.165) is 6.42 Å².